The topological polar surface area (TPSA) is 66.8 Å². The van der Waals surface area contributed by atoms with E-state index in [-0.39, 0.29) is 6.42 Å². The van der Waals surface area contributed by atoms with Crippen molar-refractivity contribution < 1.29 is 18.9 Å². The second-order valence-corrected chi connectivity index (χ2v) is 3.01. The maximum Gasteiger partial charge on any atom is 0.469 e. The first-order chi connectivity index (χ1) is 4.45. The fourth-order valence-corrected chi connectivity index (χ4v) is 0.981. The van der Waals surface area contributed by atoms with Crippen molar-refractivity contribution >= 4 is 7.82 Å². The highest BCUT2D eigenvalue weighted by atomic mass is 31.2. The number of phosphoric acid groups is 1. The fourth-order valence-electron chi connectivity index (χ4n) is 0.438. The number of terminal acetylenes is 1. The molecule has 10 heavy (non-hydrogen) atoms. The van der Waals surface area contributed by atoms with E-state index in [4.69, 9.17) is 16.2 Å². The summed E-state index contributed by atoms with van der Waals surface area (Å²) in [7, 11) is -4.35. The van der Waals surface area contributed by atoms with Gasteiger partial charge in [-0.3, -0.25) is 4.52 Å². The molecule has 0 aromatic heterocycles. The van der Waals surface area contributed by atoms with Gasteiger partial charge in [-0.05, 0) is 6.92 Å². The van der Waals surface area contributed by atoms with Gasteiger partial charge in [-0.2, -0.15) is 0 Å². The van der Waals surface area contributed by atoms with Gasteiger partial charge in [-0.1, -0.05) is 0 Å². The monoisotopic (exact) mass is 164 g/mol. The molecule has 0 rings (SSSR count). The third-order valence-electron chi connectivity index (χ3n) is 0.723. The lowest BCUT2D eigenvalue weighted by Gasteiger charge is -2.09. The summed E-state index contributed by atoms with van der Waals surface area (Å²) in [4.78, 5) is 16.5. The molecule has 0 aliphatic rings. The van der Waals surface area contributed by atoms with Crippen molar-refractivity contribution in [3.05, 3.63) is 0 Å². The molecule has 4 nitrogen and oxygen atoms in total. The van der Waals surface area contributed by atoms with E-state index < -0.39 is 13.9 Å². The Bertz CT molecular complexity index is 177. The minimum Gasteiger partial charge on any atom is -0.303 e. The lowest BCUT2D eigenvalue weighted by molar-refractivity contribution is 0.148. The molecular formula is C5H9O4P. The molecule has 0 amide bonds. The van der Waals surface area contributed by atoms with Crippen LogP contribution in [0.3, 0.4) is 0 Å². The number of hydrogen-bond acceptors (Lipinski definition) is 2. The highest BCUT2D eigenvalue weighted by Gasteiger charge is 2.17. The van der Waals surface area contributed by atoms with Crippen molar-refractivity contribution in [1.29, 1.82) is 0 Å². The molecule has 0 bridgehead atoms. The van der Waals surface area contributed by atoms with E-state index in [1.54, 1.807) is 0 Å². The minimum absolute atomic E-state index is 0.200. The van der Waals surface area contributed by atoms with Crippen LogP contribution in [0.15, 0.2) is 0 Å². The molecule has 0 fully saturated rings. The molecule has 58 valence electrons. The van der Waals surface area contributed by atoms with Crippen LogP contribution >= 0.6 is 7.82 Å². The molecule has 0 aromatic carbocycles. The zero-order chi connectivity index (χ0) is 8.20. The molecular weight excluding hydrogens is 155 g/mol. The predicted octanol–water partition coefficient (Wildman–Crippen LogP) is 0.507. The molecule has 0 saturated heterocycles. The van der Waals surface area contributed by atoms with Gasteiger partial charge in [0.25, 0.3) is 0 Å². The Balaban J connectivity index is 3.71. The van der Waals surface area contributed by atoms with Crippen LogP contribution < -0.4 is 0 Å². The second kappa shape index (κ2) is 3.75. The van der Waals surface area contributed by atoms with Crippen LogP contribution in [0, 0.1) is 12.3 Å². The van der Waals surface area contributed by atoms with Crippen LogP contribution in [0.5, 0.6) is 0 Å². The van der Waals surface area contributed by atoms with E-state index in [1.807, 2.05) is 0 Å². The highest BCUT2D eigenvalue weighted by Crippen LogP contribution is 2.37. The second-order valence-electron chi connectivity index (χ2n) is 1.81. The third kappa shape index (κ3) is 5.80. The maximum atomic E-state index is 10.1. The summed E-state index contributed by atoms with van der Waals surface area (Å²) < 4.78 is 14.3. The Morgan fingerprint density at radius 3 is 2.60 bits per heavy atom. The smallest absolute Gasteiger partial charge is 0.303 e. The first-order valence-electron chi connectivity index (χ1n) is 2.63. The van der Waals surface area contributed by atoms with Gasteiger partial charge in [0.15, 0.2) is 0 Å². The summed E-state index contributed by atoms with van der Waals surface area (Å²) in [5.41, 5.74) is 0. The molecule has 0 aliphatic carbocycles. The standard InChI is InChI=1S/C5H9O4P/c1-3-4-5(2)9-10(6,7)8/h1,5H,4H2,2H3,(H2,6,7,8). The van der Waals surface area contributed by atoms with Gasteiger partial charge in [0.2, 0.25) is 0 Å². The van der Waals surface area contributed by atoms with Crippen LogP contribution in [0.25, 0.3) is 0 Å². The number of hydrogen-bond donors (Lipinski definition) is 2. The molecule has 0 saturated carbocycles. The number of phosphoric ester groups is 1. The van der Waals surface area contributed by atoms with Crippen LogP contribution in [-0.2, 0) is 9.09 Å². The molecule has 0 radical (unpaired) electrons. The predicted molar refractivity (Wildman–Crippen MR) is 36.0 cm³/mol. The molecule has 0 aromatic rings. The molecule has 0 aliphatic heterocycles. The minimum atomic E-state index is -4.35. The van der Waals surface area contributed by atoms with Gasteiger partial charge in [-0.25, -0.2) is 4.57 Å². The Morgan fingerprint density at radius 2 is 2.30 bits per heavy atom. The van der Waals surface area contributed by atoms with Gasteiger partial charge in [-0.15, -0.1) is 12.3 Å². The summed E-state index contributed by atoms with van der Waals surface area (Å²) in [6.07, 6.45) is 4.47. The summed E-state index contributed by atoms with van der Waals surface area (Å²) in [6, 6.07) is 0. The lowest BCUT2D eigenvalue weighted by Crippen LogP contribution is -2.04. The Hall–Kier alpha value is -0.330. The van der Waals surface area contributed by atoms with Gasteiger partial charge < -0.3 is 9.79 Å². The quantitative estimate of drug-likeness (QED) is 0.471. The fraction of sp³-hybridized carbons (Fsp3) is 0.600. The van der Waals surface area contributed by atoms with E-state index in [2.05, 4.69) is 10.4 Å². The van der Waals surface area contributed by atoms with Crippen LogP contribution in [0.2, 0.25) is 0 Å². The average molecular weight is 164 g/mol. The normalized spacial score (nSPS) is 14.2. The summed E-state index contributed by atoms with van der Waals surface area (Å²) >= 11 is 0. The Morgan fingerprint density at radius 1 is 1.80 bits per heavy atom. The van der Waals surface area contributed by atoms with Crippen molar-refractivity contribution in [3.63, 3.8) is 0 Å². The molecule has 1 atom stereocenters. The van der Waals surface area contributed by atoms with Crippen molar-refractivity contribution in [1.82, 2.24) is 0 Å². The van der Waals surface area contributed by atoms with Gasteiger partial charge in [0, 0.05) is 6.42 Å². The van der Waals surface area contributed by atoms with Crippen LogP contribution in [0.4, 0.5) is 0 Å². The Kier molecular flexibility index (Phi) is 3.62. The van der Waals surface area contributed by atoms with Gasteiger partial charge in [0.05, 0.1) is 6.10 Å². The largest absolute Gasteiger partial charge is 0.469 e. The van der Waals surface area contributed by atoms with E-state index >= 15 is 0 Å². The number of rotatable bonds is 3. The van der Waals surface area contributed by atoms with Crippen molar-refractivity contribution in [2.45, 2.75) is 19.4 Å². The Labute approximate surface area is 59.4 Å². The van der Waals surface area contributed by atoms with E-state index in [0.29, 0.717) is 0 Å². The van der Waals surface area contributed by atoms with Crippen LogP contribution in [-0.4, -0.2) is 15.9 Å². The SMILES string of the molecule is C#CCC(C)OP(=O)(O)O. The molecule has 0 heterocycles. The van der Waals surface area contributed by atoms with Crippen LogP contribution in [0.1, 0.15) is 13.3 Å². The average Bonchev–Trinajstić information content (AvgIpc) is 1.59. The van der Waals surface area contributed by atoms with Gasteiger partial charge >= 0.3 is 7.82 Å². The van der Waals surface area contributed by atoms with Crippen molar-refractivity contribution in [3.8, 4) is 12.3 Å². The van der Waals surface area contributed by atoms with E-state index in [1.165, 1.54) is 6.92 Å². The zero-order valence-electron chi connectivity index (χ0n) is 5.52. The maximum absolute atomic E-state index is 10.1. The zero-order valence-corrected chi connectivity index (χ0v) is 6.41. The first-order valence-corrected chi connectivity index (χ1v) is 4.16. The molecule has 2 N–H and O–H groups in total. The lowest BCUT2D eigenvalue weighted by atomic mass is 10.3. The summed E-state index contributed by atoms with van der Waals surface area (Å²) in [6.45, 7) is 1.50. The molecule has 1 unspecified atom stereocenters. The summed E-state index contributed by atoms with van der Waals surface area (Å²) in [5.74, 6) is 2.22. The highest BCUT2D eigenvalue weighted by molar-refractivity contribution is 7.46. The first kappa shape index (κ1) is 9.67. The molecule has 0 spiro atoms. The van der Waals surface area contributed by atoms with Crippen molar-refractivity contribution in [2.24, 2.45) is 0 Å². The van der Waals surface area contributed by atoms with Crippen molar-refractivity contribution in [2.75, 3.05) is 0 Å². The summed E-state index contributed by atoms with van der Waals surface area (Å²) in [5, 5.41) is 0. The third-order valence-corrected chi connectivity index (χ3v) is 1.36. The molecule has 5 heteroatoms. The van der Waals surface area contributed by atoms with Gasteiger partial charge in [0.1, 0.15) is 0 Å². The van der Waals surface area contributed by atoms with E-state index in [9.17, 15) is 4.57 Å². The van der Waals surface area contributed by atoms with E-state index in [0.717, 1.165) is 0 Å².